The average molecular weight is 246 g/mol. The van der Waals surface area contributed by atoms with Gasteiger partial charge in [0.1, 0.15) is 0 Å². The molecular formula is C16H26N2. The standard InChI is InChI=1S/C16H26N2/c1-12-6-4-9-15(13(12)2)16(10-17)18(3)11-14-7-5-8-14/h4,6,9,14,16H,5,7-8,10-11,17H2,1-3H3. The first-order valence-electron chi connectivity index (χ1n) is 7.10. The second-order valence-corrected chi connectivity index (χ2v) is 5.78. The number of hydrogen-bond donors (Lipinski definition) is 1. The van der Waals surface area contributed by atoms with E-state index in [1.807, 2.05) is 0 Å². The number of aryl methyl sites for hydroxylation is 1. The van der Waals surface area contributed by atoms with E-state index in [0.29, 0.717) is 12.6 Å². The fraction of sp³-hybridized carbons (Fsp3) is 0.625. The zero-order valence-corrected chi connectivity index (χ0v) is 11.9. The van der Waals surface area contributed by atoms with Crippen molar-refractivity contribution >= 4 is 0 Å². The third kappa shape index (κ3) is 2.76. The van der Waals surface area contributed by atoms with Crippen molar-refractivity contribution in [2.45, 2.75) is 39.2 Å². The summed E-state index contributed by atoms with van der Waals surface area (Å²) in [5.74, 6) is 0.897. The molecule has 1 aromatic carbocycles. The van der Waals surface area contributed by atoms with Crippen LogP contribution in [0.25, 0.3) is 0 Å². The first kappa shape index (κ1) is 13.6. The fourth-order valence-corrected chi connectivity index (χ4v) is 2.89. The molecule has 2 rings (SSSR count). The Morgan fingerprint density at radius 1 is 1.33 bits per heavy atom. The van der Waals surface area contributed by atoms with E-state index in [4.69, 9.17) is 5.73 Å². The van der Waals surface area contributed by atoms with Gasteiger partial charge in [0.2, 0.25) is 0 Å². The van der Waals surface area contributed by atoms with Crippen LogP contribution in [-0.4, -0.2) is 25.0 Å². The highest BCUT2D eigenvalue weighted by Crippen LogP contribution is 2.30. The SMILES string of the molecule is Cc1cccc(C(CN)N(C)CC2CCC2)c1C. The minimum Gasteiger partial charge on any atom is -0.329 e. The molecule has 0 radical (unpaired) electrons. The fourth-order valence-electron chi connectivity index (χ4n) is 2.89. The normalized spacial score (nSPS) is 17.8. The molecule has 2 heteroatoms. The lowest BCUT2D eigenvalue weighted by Crippen LogP contribution is -2.36. The Labute approximate surface area is 111 Å². The first-order chi connectivity index (χ1) is 8.63. The average Bonchev–Trinajstić information content (AvgIpc) is 2.30. The van der Waals surface area contributed by atoms with E-state index in [1.54, 1.807) is 0 Å². The molecule has 0 saturated heterocycles. The van der Waals surface area contributed by atoms with E-state index in [0.717, 1.165) is 5.92 Å². The summed E-state index contributed by atoms with van der Waals surface area (Å²) in [6.07, 6.45) is 4.21. The Bertz CT molecular complexity index is 396. The summed E-state index contributed by atoms with van der Waals surface area (Å²) in [4.78, 5) is 2.45. The summed E-state index contributed by atoms with van der Waals surface area (Å²) in [6.45, 7) is 6.28. The van der Waals surface area contributed by atoms with Gasteiger partial charge in [0.05, 0.1) is 0 Å². The van der Waals surface area contributed by atoms with E-state index in [-0.39, 0.29) is 0 Å². The zero-order chi connectivity index (χ0) is 13.1. The molecule has 0 bridgehead atoms. The number of likely N-dealkylation sites (N-methyl/N-ethyl adjacent to an activating group) is 1. The minimum atomic E-state index is 0.366. The molecule has 18 heavy (non-hydrogen) atoms. The quantitative estimate of drug-likeness (QED) is 0.865. The number of hydrogen-bond acceptors (Lipinski definition) is 2. The first-order valence-corrected chi connectivity index (χ1v) is 7.10. The topological polar surface area (TPSA) is 29.3 Å². The van der Waals surface area contributed by atoms with Crippen molar-refractivity contribution in [1.82, 2.24) is 4.90 Å². The van der Waals surface area contributed by atoms with Crippen molar-refractivity contribution in [2.24, 2.45) is 11.7 Å². The predicted octanol–water partition coefficient (Wildman–Crippen LogP) is 3.04. The van der Waals surface area contributed by atoms with Gasteiger partial charge in [-0.15, -0.1) is 0 Å². The predicted molar refractivity (Wildman–Crippen MR) is 77.7 cm³/mol. The monoisotopic (exact) mass is 246 g/mol. The highest BCUT2D eigenvalue weighted by atomic mass is 15.1. The van der Waals surface area contributed by atoms with Gasteiger partial charge < -0.3 is 5.73 Å². The van der Waals surface area contributed by atoms with Crippen LogP contribution >= 0.6 is 0 Å². The van der Waals surface area contributed by atoms with Crippen LogP contribution in [-0.2, 0) is 0 Å². The van der Waals surface area contributed by atoms with E-state index >= 15 is 0 Å². The van der Waals surface area contributed by atoms with Gasteiger partial charge in [-0.25, -0.2) is 0 Å². The molecule has 100 valence electrons. The van der Waals surface area contributed by atoms with Crippen LogP contribution in [0.2, 0.25) is 0 Å². The zero-order valence-electron chi connectivity index (χ0n) is 11.9. The van der Waals surface area contributed by atoms with Gasteiger partial charge in [0.15, 0.2) is 0 Å². The summed E-state index contributed by atoms with van der Waals surface area (Å²) >= 11 is 0. The van der Waals surface area contributed by atoms with Crippen LogP contribution in [0.4, 0.5) is 0 Å². The Kier molecular flexibility index (Phi) is 4.41. The third-order valence-electron chi connectivity index (χ3n) is 4.53. The molecule has 2 N–H and O–H groups in total. The third-order valence-corrected chi connectivity index (χ3v) is 4.53. The Morgan fingerprint density at radius 2 is 2.06 bits per heavy atom. The van der Waals surface area contributed by atoms with E-state index < -0.39 is 0 Å². The van der Waals surface area contributed by atoms with Crippen LogP contribution in [0, 0.1) is 19.8 Å². The molecule has 1 fully saturated rings. The van der Waals surface area contributed by atoms with Crippen LogP contribution in [0.3, 0.4) is 0 Å². The van der Waals surface area contributed by atoms with Crippen molar-refractivity contribution in [3.05, 3.63) is 34.9 Å². The Hall–Kier alpha value is -0.860. The lowest BCUT2D eigenvalue weighted by atomic mass is 9.84. The Balaban J connectivity index is 2.13. The summed E-state index contributed by atoms with van der Waals surface area (Å²) < 4.78 is 0. The molecule has 0 spiro atoms. The van der Waals surface area contributed by atoms with Gasteiger partial charge in [-0.3, -0.25) is 4.90 Å². The molecule has 0 aromatic heterocycles. The van der Waals surface area contributed by atoms with Crippen molar-refractivity contribution < 1.29 is 0 Å². The van der Waals surface area contributed by atoms with Crippen LogP contribution in [0.1, 0.15) is 42.0 Å². The van der Waals surface area contributed by atoms with Crippen LogP contribution < -0.4 is 5.73 Å². The molecule has 0 amide bonds. The number of rotatable bonds is 5. The van der Waals surface area contributed by atoms with Gasteiger partial charge in [0.25, 0.3) is 0 Å². The molecule has 1 unspecified atom stereocenters. The Morgan fingerprint density at radius 3 is 2.61 bits per heavy atom. The summed E-state index contributed by atoms with van der Waals surface area (Å²) in [7, 11) is 2.22. The summed E-state index contributed by atoms with van der Waals surface area (Å²) in [5.41, 5.74) is 10.2. The largest absolute Gasteiger partial charge is 0.329 e. The van der Waals surface area contributed by atoms with Crippen LogP contribution in [0.5, 0.6) is 0 Å². The van der Waals surface area contributed by atoms with Crippen molar-refractivity contribution in [1.29, 1.82) is 0 Å². The molecule has 2 nitrogen and oxygen atoms in total. The molecular weight excluding hydrogens is 220 g/mol. The molecule has 1 aliphatic rings. The molecule has 1 atom stereocenters. The number of nitrogens with zero attached hydrogens (tertiary/aromatic N) is 1. The van der Waals surface area contributed by atoms with Gasteiger partial charge in [-0.2, -0.15) is 0 Å². The maximum atomic E-state index is 6.02. The maximum absolute atomic E-state index is 6.02. The van der Waals surface area contributed by atoms with E-state index in [1.165, 1.54) is 42.5 Å². The highest BCUT2D eigenvalue weighted by molar-refractivity contribution is 5.35. The van der Waals surface area contributed by atoms with Gasteiger partial charge in [-0.05, 0) is 56.3 Å². The molecule has 0 aliphatic heterocycles. The summed E-state index contributed by atoms with van der Waals surface area (Å²) in [5, 5.41) is 0. The van der Waals surface area contributed by atoms with Gasteiger partial charge in [0, 0.05) is 19.1 Å². The van der Waals surface area contributed by atoms with Gasteiger partial charge in [-0.1, -0.05) is 24.6 Å². The molecule has 1 aliphatic carbocycles. The number of benzene rings is 1. The second-order valence-electron chi connectivity index (χ2n) is 5.78. The smallest absolute Gasteiger partial charge is 0.0470 e. The van der Waals surface area contributed by atoms with E-state index in [9.17, 15) is 0 Å². The highest BCUT2D eigenvalue weighted by Gasteiger charge is 2.24. The van der Waals surface area contributed by atoms with E-state index in [2.05, 4.69) is 44.0 Å². The van der Waals surface area contributed by atoms with Crippen LogP contribution in [0.15, 0.2) is 18.2 Å². The lowest BCUT2D eigenvalue weighted by Gasteiger charge is -2.35. The molecule has 1 saturated carbocycles. The number of nitrogens with two attached hydrogens (primary N) is 1. The maximum Gasteiger partial charge on any atom is 0.0470 e. The van der Waals surface area contributed by atoms with Crippen molar-refractivity contribution in [2.75, 3.05) is 20.1 Å². The van der Waals surface area contributed by atoms with Gasteiger partial charge >= 0.3 is 0 Å². The molecule has 0 heterocycles. The summed E-state index contributed by atoms with van der Waals surface area (Å²) in [6, 6.07) is 6.93. The minimum absolute atomic E-state index is 0.366. The van der Waals surface area contributed by atoms with Crippen molar-refractivity contribution in [3.63, 3.8) is 0 Å². The lowest BCUT2D eigenvalue weighted by molar-refractivity contribution is 0.164. The second kappa shape index (κ2) is 5.85. The van der Waals surface area contributed by atoms with Crippen molar-refractivity contribution in [3.8, 4) is 0 Å². The molecule has 1 aromatic rings.